The summed E-state index contributed by atoms with van der Waals surface area (Å²) >= 11 is 1.66. The van der Waals surface area contributed by atoms with Crippen molar-refractivity contribution in [1.82, 2.24) is 4.90 Å². The monoisotopic (exact) mass is 299 g/mol. The van der Waals surface area contributed by atoms with Crippen LogP contribution in [0.2, 0.25) is 0 Å². The molecule has 1 aromatic heterocycles. The smallest absolute Gasteiger partial charge is 0.227 e. The predicted octanol–water partition coefficient (Wildman–Crippen LogP) is 4.09. The van der Waals surface area contributed by atoms with Crippen molar-refractivity contribution in [1.29, 1.82) is 0 Å². The van der Waals surface area contributed by atoms with E-state index in [0.717, 1.165) is 25.1 Å². The van der Waals surface area contributed by atoms with E-state index in [1.807, 2.05) is 5.38 Å². The van der Waals surface area contributed by atoms with E-state index in [9.17, 15) is 4.79 Å². The zero-order valence-corrected chi connectivity index (χ0v) is 13.0. The normalized spacial score (nSPS) is 19.2. The Hall–Kier alpha value is -1.61. The molecule has 1 amide bonds. The Morgan fingerprint density at radius 2 is 2.05 bits per heavy atom. The second-order valence-corrected chi connectivity index (χ2v) is 6.53. The van der Waals surface area contributed by atoms with Crippen molar-refractivity contribution in [3.8, 4) is 0 Å². The molecule has 110 valence electrons. The minimum absolute atomic E-state index is 0.274. The average Bonchev–Trinajstić information content (AvgIpc) is 2.89. The van der Waals surface area contributed by atoms with Gasteiger partial charge in [0.2, 0.25) is 5.91 Å². The number of amides is 1. The molecule has 21 heavy (non-hydrogen) atoms. The Morgan fingerprint density at radius 3 is 2.81 bits per heavy atom. The lowest BCUT2D eigenvalue weighted by Crippen LogP contribution is -2.35. The zero-order valence-electron chi connectivity index (χ0n) is 12.2. The first kappa shape index (κ1) is 14.3. The maximum absolute atomic E-state index is 12.5. The van der Waals surface area contributed by atoms with E-state index >= 15 is 0 Å². The van der Waals surface area contributed by atoms with Crippen molar-refractivity contribution < 1.29 is 4.79 Å². The van der Waals surface area contributed by atoms with Crippen LogP contribution in [0.5, 0.6) is 0 Å². The fourth-order valence-corrected chi connectivity index (χ4v) is 3.71. The summed E-state index contributed by atoms with van der Waals surface area (Å²) in [7, 11) is 0. The molecule has 0 spiro atoms. The Labute approximate surface area is 130 Å². The van der Waals surface area contributed by atoms with Gasteiger partial charge in [-0.15, -0.1) is 0 Å². The maximum Gasteiger partial charge on any atom is 0.227 e. The van der Waals surface area contributed by atoms with Gasteiger partial charge in [-0.25, -0.2) is 0 Å². The molecule has 1 saturated heterocycles. The van der Waals surface area contributed by atoms with Crippen LogP contribution in [-0.4, -0.2) is 23.9 Å². The minimum atomic E-state index is 0.274. The highest BCUT2D eigenvalue weighted by molar-refractivity contribution is 7.07. The Kier molecular flexibility index (Phi) is 4.71. The number of likely N-dealkylation sites (tertiary alicyclic amines) is 1. The van der Waals surface area contributed by atoms with Crippen LogP contribution in [0, 0.1) is 0 Å². The molecule has 1 aromatic carbocycles. The Balaban J connectivity index is 1.68. The first-order chi connectivity index (χ1) is 10.3. The van der Waals surface area contributed by atoms with E-state index in [0.29, 0.717) is 12.3 Å². The summed E-state index contributed by atoms with van der Waals surface area (Å²) < 4.78 is 0. The van der Waals surface area contributed by atoms with Crippen LogP contribution in [0.15, 0.2) is 47.2 Å². The molecule has 3 rings (SSSR count). The van der Waals surface area contributed by atoms with Gasteiger partial charge in [0.1, 0.15) is 0 Å². The molecule has 0 N–H and O–H groups in total. The van der Waals surface area contributed by atoms with Crippen LogP contribution in [0.3, 0.4) is 0 Å². The van der Waals surface area contributed by atoms with Crippen molar-refractivity contribution in [2.45, 2.75) is 31.6 Å². The molecule has 2 nitrogen and oxygen atoms in total. The van der Waals surface area contributed by atoms with Gasteiger partial charge in [0.25, 0.3) is 0 Å². The third kappa shape index (κ3) is 3.73. The number of rotatable bonds is 3. The Bertz CT molecular complexity index is 564. The van der Waals surface area contributed by atoms with E-state index in [-0.39, 0.29) is 5.91 Å². The lowest BCUT2D eigenvalue weighted by atomic mass is 9.94. The SMILES string of the molecule is O=C(Cc1ccsc1)N1CCCC[C@@H](c2ccccc2)C1. The van der Waals surface area contributed by atoms with E-state index in [4.69, 9.17) is 0 Å². The molecule has 1 aliphatic heterocycles. The van der Waals surface area contributed by atoms with Gasteiger partial charge < -0.3 is 4.90 Å². The van der Waals surface area contributed by atoms with Crippen LogP contribution in [0.1, 0.15) is 36.3 Å². The second kappa shape index (κ2) is 6.90. The van der Waals surface area contributed by atoms with Crippen molar-refractivity contribution in [3.05, 3.63) is 58.3 Å². The van der Waals surface area contributed by atoms with Gasteiger partial charge >= 0.3 is 0 Å². The number of hydrogen-bond donors (Lipinski definition) is 0. The molecule has 2 aromatic rings. The first-order valence-corrected chi connectivity index (χ1v) is 8.61. The summed E-state index contributed by atoms with van der Waals surface area (Å²) in [6, 6.07) is 12.7. The van der Waals surface area contributed by atoms with Crippen LogP contribution in [0.4, 0.5) is 0 Å². The number of nitrogens with zero attached hydrogens (tertiary/aromatic N) is 1. The van der Waals surface area contributed by atoms with Crippen molar-refractivity contribution in [3.63, 3.8) is 0 Å². The standard InChI is InChI=1S/C18H21NOS/c20-18(12-15-9-11-21-14-15)19-10-5-4-8-17(13-19)16-6-2-1-3-7-16/h1-3,6-7,9,11,14,17H,4-5,8,10,12-13H2/t17-/m1/s1. The molecular formula is C18H21NOS. The fraction of sp³-hybridized carbons (Fsp3) is 0.389. The third-order valence-electron chi connectivity index (χ3n) is 4.23. The highest BCUT2D eigenvalue weighted by Crippen LogP contribution is 2.26. The fourth-order valence-electron chi connectivity index (χ4n) is 3.05. The van der Waals surface area contributed by atoms with Gasteiger partial charge in [-0.05, 0) is 40.8 Å². The average molecular weight is 299 g/mol. The summed E-state index contributed by atoms with van der Waals surface area (Å²) in [4.78, 5) is 14.6. The number of hydrogen-bond acceptors (Lipinski definition) is 2. The molecule has 0 saturated carbocycles. The van der Waals surface area contributed by atoms with Gasteiger partial charge in [0, 0.05) is 19.0 Å². The van der Waals surface area contributed by atoms with Gasteiger partial charge in [0.05, 0.1) is 6.42 Å². The van der Waals surface area contributed by atoms with Crippen LogP contribution < -0.4 is 0 Å². The van der Waals surface area contributed by atoms with Crippen LogP contribution in [0.25, 0.3) is 0 Å². The lowest BCUT2D eigenvalue weighted by Gasteiger charge is -2.25. The highest BCUT2D eigenvalue weighted by Gasteiger charge is 2.23. The molecule has 0 bridgehead atoms. The topological polar surface area (TPSA) is 20.3 Å². The molecular weight excluding hydrogens is 278 g/mol. The number of carbonyl (C=O) groups excluding carboxylic acids is 1. The van der Waals surface area contributed by atoms with Crippen LogP contribution >= 0.6 is 11.3 Å². The van der Waals surface area contributed by atoms with Gasteiger partial charge in [-0.1, -0.05) is 36.8 Å². The van der Waals surface area contributed by atoms with E-state index in [1.54, 1.807) is 11.3 Å². The quantitative estimate of drug-likeness (QED) is 0.836. The minimum Gasteiger partial charge on any atom is -0.342 e. The predicted molar refractivity (Wildman–Crippen MR) is 87.6 cm³/mol. The zero-order chi connectivity index (χ0) is 14.5. The number of benzene rings is 1. The van der Waals surface area contributed by atoms with E-state index < -0.39 is 0 Å². The van der Waals surface area contributed by atoms with Crippen molar-refractivity contribution in [2.24, 2.45) is 0 Å². The molecule has 3 heteroatoms. The summed E-state index contributed by atoms with van der Waals surface area (Å²) in [6.07, 6.45) is 4.07. The van der Waals surface area contributed by atoms with Gasteiger partial charge in [-0.2, -0.15) is 11.3 Å². The lowest BCUT2D eigenvalue weighted by molar-refractivity contribution is -0.130. The molecule has 0 aliphatic carbocycles. The number of thiophene rings is 1. The van der Waals surface area contributed by atoms with Crippen molar-refractivity contribution >= 4 is 17.2 Å². The molecule has 2 heterocycles. The van der Waals surface area contributed by atoms with Gasteiger partial charge in [-0.3, -0.25) is 4.79 Å². The molecule has 1 atom stereocenters. The van der Waals surface area contributed by atoms with E-state index in [2.05, 4.69) is 46.7 Å². The summed E-state index contributed by atoms with van der Waals surface area (Å²) in [5.41, 5.74) is 2.51. The van der Waals surface area contributed by atoms with Crippen LogP contribution in [-0.2, 0) is 11.2 Å². The molecule has 1 aliphatic rings. The molecule has 1 fully saturated rings. The van der Waals surface area contributed by atoms with Crippen molar-refractivity contribution in [2.75, 3.05) is 13.1 Å². The van der Waals surface area contributed by atoms with E-state index in [1.165, 1.54) is 18.4 Å². The Morgan fingerprint density at radius 1 is 1.19 bits per heavy atom. The summed E-state index contributed by atoms with van der Waals surface area (Å²) in [5, 5.41) is 4.11. The second-order valence-electron chi connectivity index (χ2n) is 5.75. The third-order valence-corrected chi connectivity index (χ3v) is 4.96. The van der Waals surface area contributed by atoms with Gasteiger partial charge in [0.15, 0.2) is 0 Å². The first-order valence-electron chi connectivity index (χ1n) is 7.67. The molecule has 0 radical (unpaired) electrons. The maximum atomic E-state index is 12.5. The molecule has 0 unspecified atom stereocenters. The largest absolute Gasteiger partial charge is 0.342 e. The summed E-state index contributed by atoms with van der Waals surface area (Å²) in [6.45, 7) is 1.78. The summed E-state index contributed by atoms with van der Waals surface area (Å²) in [5.74, 6) is 0.761. The highest BCUT2D eigenvalue weighted by atomic mass is 32.1. The number of carbonyl (C=O) groups is 1.